The van der Waals surface area contributed by atoms with E-state index in [1.165, 1.54) is 5.57 Å². The minimum Gasteiger partial charge on any atom is -0.489 e. The molecule has 0 aromatic rings. The zero-order valence-electron chi connectivity index (χ0n) is 8.55. The summed E-state index contributed by atoms with van der Waals surface area (Å²) in [6, 6.07) is 0. The van der Waals surface area contributed by atoms with Crippen molar-refractivity contribution in [3.05, 3.63) is 42.4 Å². The van der Waals surface area contributed by atoms with E-state index in [2.05, 4.69) is 12.3 Å². The van der Waals surface area contributed by atoms with Crippen LogP contribution in [0.4, 0.5) is 0 Å². The molecule has 1 heteroatoms. The number of hydrogen-bond donors (Lipinski definition) is 0. The summed E-state index contributed by atoms with van der Waals surface area (Å²) < 4.78 is 5.16. The van der Waals surface area contributed by atoms with Crippen LogP contribution in [0.5, 0.6) is 0 Å². The van der Waals surface area contributed by atoms with Crippen molar-refractivity contribution >= 4 is 0 Å². The van der Waals surface area contributed by atoms with E-state index in [1.54, 1.807) is 6.26 Å². The van der Waals surface area contributed by atoms with Crippen molar-refractivity contribution in [1.82, 2.24) is 0 Å². The quantitative estimate of drug-likeness (QED) is 0.261. The molecule has 0 radical (unpaired) electrons. The van der Waals surface area contributed by atoms with Crippen LogP contribution in [-0.2, 0) is 4.74 Å². The third-order valence-electron chi connectivity index (χ3n) is 1.37. The fourth-order valence-corrected chi connectivity index (χ4v) is 0.644. The number of hydrogen-bond acceptors (Lipinski definition) is 1. The van der Waals surface area contributed by atoms with Gasteiger partial charge in [-0.3, -0.25) is 0 Å². The van der Waals surface area contributed by atoms with Gasteiger partial charge in [0.25, 0.3) is 0 Å². The Morgan fingerprint density at radius 2 is 2.15 bits per heavy atom. The Bertz CT molecular complexity index is 213. The predicted molar refractivity (Wildman–Crippen MR) is 57.5 cm³/mol. The minimum absolute atomic E-state index is 0.630. The molecule has 0 aromatic heterocycles. The fourth-order valence-electron chi connectivity index (χ4n) is 0.644. The molecule has 0 saturated carbocycles. The van der Waals surface area contributed by atoms with Gasteiger partial charge in [0.2, 0.25) is 0 Å². The van der Waals surface area contributed by atoms with Gasteiger partial charge in [-0.1, -0.05) is 17.4 Å². The largest absolute Gasteiger partial charge is 0.489 e. The molecule has 0 aliphatic carbocycles. The highest BCUT2D eigenvalue weighted by Gasteiger charge is 1.76. The summed E-state index contributed by atoms with van der Waals surface area (Å²) >= 11 is 0. The van der Waals surface area contributed by atoms with Gasteiger partial charge in [-0.15, -0.1) is 6.58 Å². The Morgan fingerprint density at radius 1 is 1.38 bits per heavy atom. The van der Waals surface area contributed by atoms with Crippen LogP contribution in [0.3, 0.4) is 0 Å². The summed E-state index contributed by atoms with van der Waals surface area (Å²) in [5, 5.41) is 0. The molecule has 0 aromatic carbocycles. The van der Waals surface area contributed by atoms with Gasteiger partial charge in [-0.2, -0.15) is 0 Å². The van der Waals surface area contributed by atoms with E-state index in [4.69, 9.17) is 4.74 Å². The number of ether oxygens (including phenoxy) is 1. The van der Waals surface area contributed by atoms with Crippen molar-refractivity contribution in [3.63, 3.8) is 0 Å². The summed E-state index contributed by atoms with van der Waals surface area (Å²) in [5.41, 5.74) is 4.21. The fraction of sp³-hybridized carbons (Fsp3) is 0.417. The van der Waals surface area contributed by atoms with E-state index >= 15 is 0 Å². The van der Waals surface area contributed by atoms with Gasteiger partial charge < -0.3 is 4.74 Å². The highest BCUT2D eigenvalue weighted by atomic mass is 16.5. The first-order chi connectivity index (χ1) is 6.27. The van der Waals surface area contributed by atoms with Gasteiger partial charge in [0.05, 0.1) is 0 Å². The summed E-state index contributed by atoms with van der Waals surface area (Å²) in [4.78, 5) is 0. The van der Waals surface area contributed by atoms with Crippen LogP contribution in [0.1, 0.15) is 26.7 Å². The van der Waals surface area contributed by atoms with Gasteiger partial charge in [0.1, 0.15) is 12.9 Å². The van der Waals surface area contributed by atoms with Gasteiger partial charge in [0.15, 0.2) is 0 Å². The van der Waals surface area contributed by atoms with Gasteiger partial charge in [-0.25, -0.2) is 0 Å². The Hall–Kier alpha value is -1.20. The zero-order chi connectivity index (χ0) is 9.94. The topological polar surface area (TPSA) is 9.23 Å². The van der Waals surface area contributed by atoms with E-state index in [0.717, 1.165) is 12.8 Å². The van der Waals surface area contributed by atoms with Crippen LogP contribution >= 0.6 is 0 Å². The second kappa shape index (κ2) is 8.89. The maximum atomic E-state index is 5.16. The van der Waals surface area contributed by atoms with E-state index in [1.807, 2.05) is 32.1 Å². The standard InChI is InChI=1S/C12H18O/c1-4-5-6-7-8-10-13-11-9-12(2)3/h4,7,9-10H,1,5-6,11H2,2-3H3. The second-order valence-corrected chi connectivity index (χ2v) is 2.97. The highest BCUT2D eigenvalue weighted by Crippen LogP contribution is 1.90. The van der Waals surface area contributed by atoms with E-state index < -0.39 is 0 Å². The van der Waals surface area contributed by atoms with Crippen LogP contribution in [-0.4, -0.2) is 6.61 Å². The Kier molecular flexibility index (Phi) is 8.07. The van der Waals surface area contributed by atoms with E-state index in [9.17, 15) is 0 Å². The molecular weight excluding hydrogens is 160 g/mol. The summed E-state index contributed by atoms with van der Waals surface area (Å²) in [6.45, 7) is 8.36. The lowest BCUT2D eigenvalue weighted by atomic mass is 10.3. The van der Waals surface area contributed by atoms with Crippen LogP contribution < -0.4 is 0 Å². The molecule has 0 rings (SSSR count). The summed E-state index contributed by atoms with van der Waals surface area (Å²) in [5.74, 6) is 0. The lowest BCUT2D eigenvalue weighted by Gasteiger charge is -1.92. The summed E-state index contributed by atoms with van der Waals surface area (Å²) in [6.07, 6.45) is 9.44. The minimum atomic E-state index is 0.630. The van der Waals surface area contributed by atoms with Crippen LogP contribution in [0, 0.1) is 0 Å². The van der Waals surface area contributed by atoms with Crippen molar-refractivity contribution < 1.29 is 4.74 Å². The molecule has 0 amide bonds. The van der Waals surface area contributed by atoms with Crippen LogP contribution in [0.2, 0.25) is 0 Å². The lowest BCUT2D eigenvalue weighted by molar-refractivity contribution is 0.289. The number of unbranched alkanes of at least 4 members (excludes halogenated alkanes) is 1. The Labute approximate surface area is 81.1 Å². The maximum absolute atomic E-state index is 5.16. The lowest BCUT2D eigenvalue weighted by Crippen LogP contribution is -1.80. The summed E-state index contributed by atoms with van der Waals surface area (Å²) in [7, 11) is 0. The van der Waals surface area contributed by atoms with Crippen molar-refractivity contribution in [3.8, 4) is 0 Å². The maximum Gasteiger partial charge on any atom is 0.125 e. The molecule has 13 heavy (non-hydrogen) atoms. The Balaban J connectivity index is 3.45. The van der Waals surface area contributed by atoms with Crippen molar-refractivity contribution in [1.29, 1.82) is 0 Å². The van der Waals surface area contributed by atoms with Gasteiger partial charge >= 0.3 is 0 Å². The number of rotatable bonds is 6. The molecule has 0 bridgehead atoms. The first kappa shape index (κ1) is 11.8. The normalized spacial score (nSPS) is 8.15. The first-order valence-corrected chi connectivity index (χ1v) is 4.52. The molecule has 0 saturated heterocycles. The smallest absolute Gasteiger partial charge is 0.125 e. The highest BCUT2D eigenvalue weighted by molar-refractivity contribution is 4.93. The Morgan fingerprint density at radius 3 is 2.77 bits per heavy atom. The monoisotopic (exact) mass is 178 g/mol. The first-order valence-electron chi connectivity index (χ1n) is 4.52. The molecule has 0 aliphatic rings. The average Bonchev–Trinajstić information content (AvgIpc) is 2.09. The number of allylic oxidation sites excluding steroid dienone is 3. The molecule has 0 heterocycles. The average molecular weight is 178 g/mol. The molecule has 1 nitrogen and oxygen atoms in total. The third-order valence-corrected chi connectivity index (χ3v) is 1.37. The molecule has 0 spiro atoms. The van der Waals surface area contributed by atoms with Crippen molar-refractivity contribution in [2.45, 2.75) is 26.7 Å². The van der Waals surface area contributed by atoms with Gasteiger partial charge in [0, 0.05) is 0 Å². The van der Waals surface area contributed by atoms with Crippen molar-refractivity contribution in [2.24, 2.45) is 0 Å². The third kappa shape index (κ3) is 10.8. The SMILES string of the molecule is C=CCCC=C=COCC=C(C)C. The predicted octanol–water partition coefficient (Wildman–Crippen LogP) is 3.60. The molecule has 72 valence electrons. The molecule has 0 unspecified atom stereocenters. The molecule has 0 aliphatic heterocycles. The second-order valence-electron chi connectivity index (χ2n) is 2.97. The van der Waals surface area contributed by atoms with Crippen LogP contribution in [0.15, 0.2) is 42.4 Å². The molecule has 0 fully saturated rings. The molecule has 0 atom stereocenters. The van der Waals surface area contributed by atoms with E-state index in [-0.39, 0.29) is 0 Å². The van der Waals surface area contributed by atoms with Crippen LogP contribution in [0.25, 0.3) is 0 Å². The molecular formula is C12H18O. The zero-order valence-corrected chi connectivity index (χ0v) is 8.55. The van der Waals surface area contributed by atoms with Crippen molar-refractivity contribution in [2.75, 3.05) is 6.61 Å². The van der Waals surface area contributed by atoms with E-state index in [0.29, 0.717) is 6.61 Å². The van der Waals surface area contributed by atoms with Gasteiger partial charge in [-0.05, 0) is 38.8 Å². The molecule has 0 N–H and O–H groups in total.